The van der Waals surface area contributed by atoms with E-state index in [1.807, 2.05) is 0 Å². The molecule has 0 aromatic heterocycles. The third-order valence-electron chi connectivity index (χ3n) is 2.09. The summed E-state index contributed by atoms with van der Waals surface area (Å²) in [4.78, 5) is 10.2. The van der Waals surface area contributed by atoms with Gasteiger partial charge in [0, 0.05) is 6.42 Å². The predicted molar refractivity (Wildman–Crippen MR) is 54.8 cm³/mol. The molecule has 0 atom stereocenters. The highest BCUT2D eigenvalue weighted by molar-refractivity contribution is 5.66. The molecular formula is C11H19FO2. The van der Waals surface area contributed by atoms with Gasteiger partial charge < -0.3 is 5.11 Å². The molecule has 14 heavy (non-hydrogen) atoms. The van der Waals surface area contributed by atoms with Gasteiger partial charge in [-0.25, -0.2) is 4.39 Å². The fraction of sp³-hybridized carbons (Fsp3) is 0.727. The van der Waals surface area contributed by atoms with E-state index in [1.165, 1.54) is 0 Å². The molecular weight excluding hydrogens is 183 g/mol. The molecule has 0 rings (SSSR count). The Labute approximate surface area is 84.8 Å². The number of halogens is 1. The molecule has 2 nitrogen and oxygen atoms in total. The Hall–Kier alpha value is -0.860. The minimum atomic E-state index is -0.723. The van der Waals surface area contributed by atoms with Crippen molar-refractivity contribution in [1.82, 2.24) is 0 Å². The Morgan fingerprint density at radius 1 is 1.00 bits per heavy atom. The van der Waals surface area contributed by atoms with Gasteiger partial charge in [0.15, 0.2) is 0 Å². The summed E-state index contributed by atoms with van der Waals surface area (Å²) < 4.78 is 12.2. The van der Waals surface area contributed by atoms with Crippen LogP contribution in [0.15, 0.2) is 12.4 Å². The van der Waals surface area contributed by atoms with Crippen molar-refractivity contribution >= 4 is 5.97 Å². The third kappa shape index (κ3) is 11.1. The molecule has 0 aromatic rings. The lowest BCUT2D eigenvalue weighted by atomic mass is 10.1. The van der Waals surface area contributed by atoms with Gasteiger partial charge in [0.25, 0.3) is 0 Å². The van der Waals surface area contributed by atoms with E-state index in [0.717, 1.165) is 38.5 Å². The van der Waals surface area contributed by atoms with Gasteiger partial charge in [-0.2, -0.15) is 0 Å². The smallest absolute Gasteiger partial charge is 0.303 e. The highest BCUT2D eigenvalue weighted by Crippen LogP contribution is 2.11. The molecule has 0 saturated carbocycles. The molecule has 0 heterocycles. The molecule has 0 unspecified atom stereocenters. The second kappa shape index (κ2) is 8.73. The van der Waals surface area contributed by atoms with Crippen molar-refractivity contribution in [2.45, 2.75) is 51.4 Å². The van der Waals surface area contributed by atoms with Crippen LogP contribution in [0.1, 0.15) is 51.4 Å². The molecule has 0 aliphatic carbocycles. The average molecular weight is 202 g/mol. The molecule has 0 saturated heterocycles. The number of hydrogen-bond donors (Lipinski definition) is 1. The van der Waals surface area contributed by atoms with Crippen LogP contribution < -0.4 is 0 Å². The van der Waals surface area contributed by atoms with Crippen molar-refractivity contribution in [2.75, 3.05) is 0 Å². The first-order chi connectivity index (χ1) is 6.63. The van der Waals surface area contributed by atoms with Crippen LogP contribution in [-0.2, 0) is 4.79 Å². The second-order valence-corrected chi connectivity index (χ2v) is 3.53. The van der Waals surface area contributed by atoms with Crippen LogP contribution in [0.25, 0.3) is 0 Å². The summed E-state index contributed by atoms with van der Waals surface area (Å²) in [7, 11) is 0. The Balaban J connectivity index is 2.99. The lowest BCUT2D eigenvalue weighted by Crippen LogP contribution is -1.93. The number of unbranched alkanes of at least 4 members (excludes halogenated alkanes) is 5. The van der Waals surface area contributed by atoms with E-state index < -0.39 is 5.97 Å². The molecule has 0 amide bonds. The van der Waals surface area contributed by atoms with Gasteiger partial charge in [0.2, 0.25) is 0 Å². The Morgan fingerprint density at radius 2 is 1.43 bits per heavy atom. The summed E-state index contributed by atoms with van der Waals surface area (Å²) in [5.74, 6) is -0.963. The molecule has 1 N–H and O–H groups in total. The highest BCUT2D eigenvalue weighted by atomic mass is 19.1. The van der Waals surface area contributed by atoms with Gasteiger partial charge in [0.05, 0.1) is 5.83 Å². The first kappa shape index (κ1) is 13.1. The number of carboxylic acids is 1. The van der Waals surface area contributed by atoms with E-state index in [0.29, 0.717) is 6.42 Å². The maximum absolute atomic E-state index is 12.2. The number of carboxylic acid groups (broad SMARTS) is 1. The normalized spacial score (nSPS) is 10.1. The summed E-state index contributed by atoms with van der Waals surface area (Å²) >= 11 is 0. The standard InChI is InChI=1S/C11H19FO2/c1-10(12)8-6-4-2-3-5-7-9-11(13)14/h1-9H2,(H,13,14). The zero-order valence-corrected chi connectivity index (χ0v) is 8.60. The molecule has 0 aliphatic heterocycles. The van der Waals surface area contributed by atoms with E-state index in [9.17, 15) is 9.18 Å². The summed E-state index contributed by atoms with van der Waals surface area (Å²) in [5, 5.41) is 8.36. The summed E-state index contributed by atoms with van der Waals surface area (Å²) in [6.45, 7) is 3.19. The van der Waals surface area contributed by atoms with Crippen molar-refractivity contribution in [2.24, 2.45) is 0 Å². The van der Waals surface area contributed by atoms with E-state index in [2.05, 4.69) is 6.58 Å². The quantitative estimate of drug-likeness (QED) is 0.579. The van der Waals surface area contributed by atoms with E-state index >= 15 is 0 Å². The Kier molecular flexibility index (Phi) is 8.19. The van der Waals surface area contributed by atoms with E-state index in [-0.39, 0.29) is 12.2 Å². The molecule has 0 radical (unpaired) electrons. The van der Waals surface area contributed by atoms with Crippen molar-refractivity contribution in [3.05, 3.63) is 12.4 Å². The van der Waals surface area contributed by atoms with E-state index in [4.69, 9.17) is 5.11 Å². The van der Waals surface area contributed by atoms with Crippen LogP contribution in [-0.4, -0.2) is 11.1 Å². The number of rotatable bonds is 9. The minimum Gasteiger partial charge on any atom is -0.481 e. The van der Waals surface area contributed by atoms with Crippen LogP contribution in [0.2, 0.25) is 0 Å². The molecule has 3 heteroatoms. The first-order valence-electron chi connectivity index (χ1n) is 5.18. The predicted octanol–water partition coefficient (Wildman–Crippen LogP) is 3.68. The van der Waals surface area contributed by atoms with Crippen molar-refractivity contribution < 1.29 is 14.3 Å². The zero-order chi connectivity index (χ0) is 10.8. The van der Waals surface area contributed by atoms with Gasteiger partial charge in [-0.1, -0.05) is 32.3 Å². The highest BCUT2D eigenvalue weighted by Gasteiger charge is 1.96. The van der Waals surface area contributed by atoms with Gasteiger partial charge >= 0.3 is 5.97 Å². The van der Waals surface area contributed by atoms with Crippen molar-refractivity contribution in [3.63, 3.8) is 0 Å². The molecule has 0 fully saturated rings. The van der Waals surface area contributed by atoms with Crippen LogP contribution in [0.3, 0.4) is 0 Å². The first-order valence-corrected chi connectivity index (χ1v) is 5.18. The summed E-state index contributed by atoms with van der Waals surface area (Å²) in [6, 6.07) is 0. The van der Waals surface area contributed by atoms with Crippen LogP contribution >= 0.6 is 0 Å². The Bertz CT molecular complexity index is 158. The largest absolute Gasteiger partial charge is 0.481 e. The van der Waals surface area contributed by atoms with Crippen LogP contribution in [0.5, 0.6) is 0 Å². The van der Waals surface area contributed by atoms with Gasteiger partial charge in [-0.3, -0.25) is 4.79 Å². The summed E-state index contributed by atoms with van der Waals surface area (Å²) in [5.41, 5.74) is 0. The van der Waals surface area contributed by atoms with Gasteiger partial charge in [-0.15, -0.1) is 0 Å². The minimum absolute atomic E-state index is 0.240. The lowest BCUT2D eigenvalue weighted by molar-refractivity contribution is -0.137. The van der Waals surface area contributed by atoms with Crippen molar-refractivity contribution in [3.8, 4) is 0 Å². The molecule has 0 aromatic carbocycles. The number of hydrogen-bond acceptors (Lipinski definition) is 1. The number of carbonyl (C=O) groups is 1. The number of allylic oxidation sites excluding steroid dienone is 1. The van der Waals surface area contributed by atoms with Crippen molar-refractivity contribution in [1.29, 1.82) is 0 Å². The maximum atomic E-state index is 12.2. The van der Waals surface area contributed by atoms with Crippen LogP contribution in [0.4, 0.5) is 4.39 Å². The monoisotopic (exact) mass is 202 g/mol. The molecule has 82 valence electrons. The second-order valence-electron chi connectivity index (χ2n) is 3.53. The molecule has 0 aliphatic rings. The molecule has 0 spiro atoms. The van der Waals surface area contributed by atoms with Gasteiger partial charge in [-0.05, 0) is 19.3 Å². The average Bonchev–Trinajstić information content (AvgIpc) is 2.08. The summed E-state index contributed by atoms with van der Waals surface area (Å²) in [6.07, 6.45) is 6.42. The fourth-order valence-electron chi connectivity index (χ4n) is 1.30. The zero-order valence-electron chi connectivity index (χ0n) is 8.60. The SMILES string of the molecule is C=C(F)CCCCCCCCC(=O)O. The van der Waals surface area contributed by atoms with E-state index in [1.54, 1.807) is 0 Å². The topological polar surface area (TPSA) is 37.3 Å². The number of aliphatic carboxylic acids is 1. The van der Waals surface area contributed by atoms with Gasteiger partial charge in [0.1, 0.15) is 0 Å². The Morgan fingerprint density at radius 3 is 1.86 bits per heavy atom. The molecule has 0 bridgehead atoms. The third-order valence-corrected chi connectivity index (χ3v) is 2.09. The maximum Gasteiger partial charge on any atom is 0.303 e. The fourth-order valence-corrected chi connectivity index (χ4v) is 1.30. The van der Waals surface area contributed by atoms with Crippen LogP contribution in [0, 0.1) is 0 Å². The lowest BCUT2D eigenvalue weighted by Gasteiger charge is -1.99.